The van der Waals surface area contributed by atoms with Gasteiger partial charge in [0.1, 0.15) is 11.4 Å². The lowest BCUT2D eigenvalue weighted by Gasteiger charge is -2.06. The van der Waals surface area contributed by atoms with E-state index in [9.17, 15) is 4.79 Å². The number of aryl methyl sites for hydroxylation is 1. The Kier molecular flexibility index (Phi) is 4.48. The molecule has 3 rings (SSSR count). The first kappa shape index (κ1) is 15.7. The van der Waals surface area contributed by atoms with Crippen molar-refractivity contribution in [3.05, 3.63) is 53.6 Å². The number of fused-ring (bicyclic) bond motifs is 1. The summed E-state index contributed by atoms with van der Waals surface area (Å²) < 4.78 is 2.16. The highest BCUT2D eigenvalue weighted by Gasteiger charge is 2.16. The highest BCUT2D eigenvalue weighted by atomic mass is 32.2. The molecule has 0 bridgehead atoms. The molecule has 0 saturated heterocycles. The fourth-order valence-corrected chi connectivity index (χ4v) is 3.75. The number of Topliss-reactive ketones (excluding diaryl/α,β-unsaturated/α-hetero) is 1. The summed E-state index contributed by atoms with van der Waals surface area (Å²) in [5.74, 6) is 0.528. The van der Waals surface area contributed by atoms with Gasteiger partial charge in [-0.3, -0.25) is 4.79 Å². The summed E-state index contributed by atoms with van der Waals surface area (Å²) in [4.78, 5) is 21.2. The maximum absolute atomic E-state index is 12.6. The van der Waals surface area contributed by atoms with Crippen LogP contribution in [0.15, 0.2) is 41.7 Å². The van der Waals surface area contributed by atoms with Gasteiger partial charge in [0.2, 0.25) is 0 Å². The predicted octanol–water partition coefficient (Wildman–Crippen LogP) is 4.04. The molecule has 3 aromatic rings. The van der Waals surface area contributed by atoms with Gasteiger partial charge in [-0.1, -0.05) is 30.0 Å². The average Bonchev–Trinajstić information content (AvgIpc) is 2.86. The van der Waals surface area contributed by atoms with Crippen LogP contribution in [0.3, 0.4) is 0 Å². The normalized spacial score (nSPS) is 11.1. The maximum Gasteiger partial charge on any atom is 0.174 e. The standard InChI is InChI=1S/C18H19N3OS/c1-4-21-12(2)9-15(13(21)3)17(22)10-23-18-14-7-5-6-8-16(14)19-11-20-18/h5-9,11H,4,10H2,1-3H3. The molecule has 0 radical (unpaired) electrons. The van der Waals surface area contributed by atoms with Gasteiger partial charge >= 0.3 is 0 Å². The van der Waals surface area contributed by atoms with Crippen LogP contribution in [0.25, 0.3) is 10.9 Å². The highest BCUT2D eigenvalue weighted by molar-refractivity contribution is 8.00. The van der Waals surface area contributed by atoms with Gasteiger partial charge in [-0.25, -0.2) is 9.97 Å². The van der Waals surface area contributed by atoms with E-state index in [1.54, 1.807) is 6.33 Å². The Labute approximate surface area is 140 Å². The first-order valence-electron chi connectivity index (χ1n) is 7.64. The lowest BCUT2D eigenvalue weighted by atomic mass is 10.2. The summed E-state index contributed by atoms with van der Waals surface area (Å²) in [6, 6.07) is 9.85. The molecule has 0 saturated carbocycles. The van der Waals surface area contributed by atoms with Crippen molar-refractivity contribution < 1.29 is 4.79 Å². The zero-order chi connectivity index (χ0) is 16.4. The zero-order valence-corrected chi connectivity index (χ0v) is 14.4. The molecular formula is C18H19N3OS. The lowest BCUT2D eigenvalue weighted by molar-refractivity contribution is 0.102. The monoisotopic (exact) mass is 325 g/mol. The minimum absolute atomic E-state index is 0.144. The van der Waals surface area contributed by atoms with Gasteiger partial charge in [0.15, 0.2) is 5.78 Å². The molecule has 23 heavy (non-hydrogen) atoms. The van der Waals surface area contributed by atoms with E-state index in [0.717, 1.165) is 39.4 Å². The van der Waals surface area contributed by atoms with Gasteiger partial charge < -0.3 is 4.57 Å². The van der Waals surface area contributed by atoms with Crippen LogP contribution in [0.5, 0.6) is 0 Å². The maximum atomic E-state index is 12.6. The van der Waals surface area contributed by atoms with Crippen molar-refractivity contribution in [3.63, 3.8) is 0 Å². The molecule has 0 N–H and O–H groups in total. The van der Waals surface area contributed by atoms with E-state index in [1.807, 2.05) is 44.2 Å². The number of thioether (sulfide) groups is 1. The van der Waals surface area contributed by atoms with E-state index in [0.29, 0.717) is 5.75 Å². The second-order valence-corrected chi connectivity index (χ2v) is 6.40. The van der Waals surface area contributed by atoms with Gasteiger partial charge in [-0.05, 0) is 32.9 Å². The van der Waals surface area contributed by atoms with Crippen LogP contribution < -0.4 is 0 Å². The molecule has 0 amide bonds. The molecule has 5 heteroatoms. The Morgan fingerprint density at radius 1 is 1.22 bits per heavy atom. The van der Waals surface area contributed by atoms with E-state index in [1.165, 1.54) is 11.8 Å². The number of hydrogen-bond acceptors (Lipinski definition) is 4. The Morgan fingerprint density at radius 2 is 2.00 bits per heavy atom. The number of hydrogen-bond donors (Lipinski definition) is 0. The molecule has 118 valence electrons. The largest absolute Gasteiger partial charge is 0.349 e. The van der Waals surface area contributed by atoms with Gasteiger partial charge in [-0.2, -0.15) is 0 Å². The molecule has 0 atom stereocenters. The average molecular weight is 325 g/mol. The van der Waals surface area contributed by atoms with E-state index >= 15 is 0 Å². The van der Waals surface area contributed by atoms with Gasteiger partial charge in [0.25, 0.3) is 0 Å². The molecule has 0 spiro atoms. The Hall–Kier alpha value is -2.14. The summed E-state index contributed by atoms with van der Waals surface area (Å²) in [6.07, 6.45) is 1.55. The molecule has 0 fully saturated rings. The van der Waals surface area contributed by atoms with Gasteiger partial charge in [-0.15, -0.1) is 0 Å². The van der Waals surface area contributed by atoms with Crippen molar-refractivity contribution in [3.8, 4) is 0 Å². The second-order valence-electron chi connectivity index (χ2n) is 5.44. The fourth-order valence-electron chi connectivity index (χ4n) is 2.88. The summed E-state index contributed by atoms with van der Waals surface area (Å²) in [7, 11) is 0. The van der Waals surface area contributed by atoms with Gasteiger partial charge in [0, 0.05) is 28.9 Å². The first-order chi connectivity index (χ1) is 11.1. The van der Waals surface area contributed by atoms with Gasteiger partial charge in [0.05, 0.1) is 11.3 Å². The van der Waals surface area contributed by atoms with E-state index in [-0.39, 0.29) is 5.78 Å². The molecule has 0 aliphatic rings. The van der Waals surface area contributed by atoms with Crippen molar-refractivity contribution >= 4 is 28.4 Å². The number of aromatic nitrogens is 3. The highest BCUT2D eigenvalue weighted by Crippen LogP contribution is 2.26. The SMILES string of the molecule is CCn1c(C)cc(C(=O)CSc2ncnc3ccccc23)c1C. The van der Waals surface area contributed by atoms with Crippen LogP contribution in [-0.4, -0.2) is 26.1 Å². The number of nitrogens with zero attached hydrogens (tertiary/aromatic N) is 3. The summed E-state index contributed by atoms with van der Waals surface area (Å²) in [5.41, 5.74) is 3.89. The van der Waals surface area contributed by atoms with E-state index < -0.39 is 0 Å². The molecule has 1 aromatic carbocycles. The van der Waals surface area contributed by atoms with Crippen LogP contribution in [0.2, 0.25) is 0 Å². The van der Waals surface area contributed by atoms with Crippen LogP contribution >= 0.6 is 11.8 Å². The molecule has 2 aromatic heterocycles. The minimum atomic E-state index is 0.144. The van der Waals surface area contributed by atoms with Crippen LogP contribution in [0, 0.1) is 13.8 Å². The van der Waals surface area contributed by atoms with E-state index in [4.69, 9.17) is 0 Å². The molecule has 4 nitrogen and oxygen atoms in total. The molecular weight excluding hydrogens is 306 g/mol. The Morgan fingerprint density at radius 3 is 2.74 bits per heavy atom. The van der Waals surface area contributed by atoms with Crippen LogP contribution in [-0.2, 0) is 6.54 Å². The number of benzene rings is 1. The second kappa shape index (κ2) is 6.54. The summed E-state index contributed by atoms with van der Waals surface area (Å²) in [5, 5.41) is 1.85. The molecule has 0 aliphatic heterocycles. The topological polar surface area (TPSA) is 47.8 Å². The number of carbonyl (C=O) groups excluding carboxylic acids is 1. The minimum Gasteiger partial charge on any atom is -0.349 e. The van der Waals surface area contributed by atoms with Crippen molar-refractivity contribution in [2.75, 3.05) is 5.75 Å². The number of carbonyl (C=O) groups is 1. The van der Waals surface area contributed by atoms with Crippen molar-refractivity contribution in [2.24, 2.45) is 0 Å². The third-order valence-corrected chi connectivity index (χ3v) is 5.04. The fraction of sp³-hybridized carbons (Fsp3) is 0.278. The van der Waals surface area contributed by atoms with Crippen LogP contribution in [0.4, 0.5) is 0 Å². The molecule has 2 heterocycles. The lowest BCUT2D eigenvalue weighted by Crippen LogP contribution is -2.06. The Balaban J connectivity index is 1.81. The number of rotatable bonds is 5. The first-order valence-corrected chi connectivity index (χ1v) is 8.62. The van der Waals surface area contributed by atoms with Crippen LogP contribution in [0.1, 0.15) is 28.7 Å². The molecule has 0 unspecified atom stereocenters. The van der Waals surface area contributed by atoms with Crippen molar-refractivity contribution in [1.82, 2.24) is 14.5 Å². The third kappa shape index (κ3) is 3.01. The predicted molar refractivity (Wildman–Crippen MR) is 94.2 cm³/mol. The number of ketones is 1. The van der Waals surface area contributed by atoms with Crippen molar-refractivity contribution in [1.29, 1.82) is 0 Å². The Bertz CT molecular complexity index is 865. The third-order valence-electron chi connectivity index (χ3n) is 4.04. The van der Waals surface area contributed by atoms with E-state index in [2.05, 4.69) is 21.5 Å². The number of para-hydroxylation sites is 1. The summed E-state index contributed by atoms with van der Waals surface area (Å²) in [6.45, 7) is 7.03. The molecule has 0 aliphatic carbocycles. The zero-order valence-electron chi connectivity index (χ0n) is 13.5. The van der Waals surface area contributed by atoms with Crippen molar-refractivity contribution in [2.45, 2.75) is 32.3 Å². The summed E-state index contributed by atoms with van der Waals surface area (Å²) >= 11 is 1.47. The smallest absolute Gasteiger partial charge is 0.174 e. The quantitative estimate of drug-likeness (QED) is 0.403.